The van der Waals surface area contributed by atoms with Crippen molar-refractivity contribution in [2.24, 2.45) is 0 Å². The molecule has 1 unspecified atom stereocenters. The molecule has 1 rings (SSSR count). The Labute approximate surface area is 79.6 Å². The van der Waals surface area contributed by atoms with Crippen LogP contribution in [0.1, 0.15) is 26.7 Å². The largest absolute Gasteiger partial charge is 0.392 e. The van der Waals surface area contributed by atoms with Crippen molar-refractivity contribution in [3.05, 3.63) is 0 Å². The highest BCUT2D eigenvalue weighted by atomic mass is 32.2. The van der Waals surface area contributed by atoms with Crippen LogP contribution in [0.15, 0.2) is 0 Å². The Morgan fingerprint density at radius 1 is 1.46 bits per heavy atom. The van der Waals surface area contributed by atoms with Crippen LogP contribution in [-0.2, 0) is 10.0 Å². The first-order valence-corrected chi connectivity index (χ1v) is 6.24. The van der Waals surface area contributed by atoms with Gasteiger partial charge in [0.05, 0.1) is 12.4 Å². The third-order valence-electron chi connectivity index (χ3n) is 2.54. The van der Waals surface area contributed by atoms with E-state index in [-0.39, 0.29) is 12.1 Å². The van der Waals surface area contributed by atoms with Crippen LogP contribution in [0.4, 0.5) is 0 Å². The van der Waals surface area contributed by atoms with E-state index in [1.54, 1.807) is 0 Å². The molecular formula is C8H17NO3S. The first kappa shape index (κ1) is 10.9. The molecule has 78 valence electrons. The molecule has 1 heterocycles. The van der Waals surface area contributed by atoms with Gasteiger partial charge in [0.1, 0.15) is 0 Å². The summed E-state index contributed by atoms with van der Waals surface area (Å²) in [6.07, 6.45) is 2.07. The van der Waals surface area contributed by atoms with Gasteiger partial charge in [-0.1, -0.05) is 0 Å². The van der Waals surface area contributed by atoms with Gasteiger partial charge >= 0.3 is 0 Å². The number of rotatable bonds is 1. The molecule has 1 atom stereocenters. The Bertz CT molecular complexity index is 284. The molecule has 0 amide bonds. The van der Waals surface area contributed by atoms with E-state index in [0.29, 0.717) is 12.8 Å². The number of aliphatic hydroxyl groups is 1. The summed E-state index contributed by atoms with van der Waals surface area (Å²) in [6.45, 7) is 4.01. The molecule has 1 fully saturated rings. The van der Waals surface area contributed by atoms with Crippen molar-refractivity contribution in [1.82, 2.24) is 4.31 Å². The van der Waals surface area contributed by atoms with Crippen molar-refractivity contribution < 1.29 is 13.5 Å². The quantitative estimate of drug-likeness (QED) is 0.667. The van der Waals surface area contributed by atoms with Crippen molar-refractivity contribution in [2.75, 3.05) is 12.8 Å². The van der Waals surface area contributed by atoms with E-state index in [0.717, 1.165) is 0 Å². The van der Waals surface area contributed by atoms with Gasteiger partial charge in [0.15, 0.2) is 0 Å². The Hall–Kier alpha value is -0.130. The predicted molar refractivity (Wildman–Crippen MR) is 50.9 cm³/mol. The summed E-state index contributed by atoms with van der Waals surface area (Å²) in [5.41, 5.74) is -0.354. The van der Waals surface area contributed by atoms with Gasteiger partial charge in [-0.25, -0.2) is 8.42 Å². The molecule has 0 spiro atoms. The molecule has 1 N–H and O–H groups in total. The number of piperidine rings is 1. The minimum atomic E-state index is -3.19. The molecule has 0 aliphatic carbocycles. The molecule has 4 nitrogen and oxygen atoms in total. The monoisotopic (exact) mass is 207 g/mol. The molecule has 0 aromatic rings. The zero-order chi connectivity index (χ0) is 10.3. The summed E-state index contributed by atoms with van der Waals surface area (Å²) in [5.74, 6) is 0. The van der Waals surface area contributed by atoms with Crippen LogP contribution in [-0.4, -0.2) is 42.3 Å². The van der Waals surface area contributed by atoms with Crippen molar-refractivity contribution in [1.29, 1.82) is 0 Å². The second-order valence-electron chi connectivity index (χ2n) is 4.30. The number of sulfonamides is 1. The maximum absolute atomic E-state index is 11.4. The van der Waals surface area contributed by atoms with Crippen LogP contribution in [0.25, 0.3) is 0 Å². The summed E-state index contributed by atoms with van der Waals surface area (Å²) in [5, 5.41) is 9.37. The highest BCUT2D eigenvalue weighted by Gasteiger charge is 2.38. The standard InChI is InChI=1S/C8H17NO3S/c1-8(2)5-4-7(10)6-9(8)13(3,11)12/h7,10H,4-6H2,1-3H3. The number of hydrogen-bond donors (Lipinski definition) is 1. The fourth-order valence-corrected chi connectivity index (χ4v) is 3.19. The van der Waals surface area contributed by atoms with E-state index in [2.05, 4.69) is 0 Å². The minimum absolute atomic E-state index is 0.228. The van der Waals surface area contributed by atoms with Gasteiger partial charge in [-0.15, -0.1) is 0 Å². The summed E-state index contributed by atoms with van der Waals surface area (Å²) >= 11 is 0. The molecule has 0 saturated carbocycles. The molecule has 0 aromatic carbocycles. The van der Waals surface area contributed by atoms with Gasteiger partial charge < -0.3 is 5.11 Å². The van der Waals surface area contributed by atoms with E-state index < -0.39 is 16.1 Å². The number of hydrogen-bond acceptors (Lipinski definition) is 3. The Morgan fingerprint density at radius 3 is 2.38 bits per heavy atom. The lowest BCUT2D eigenvalue weighted by Crippen LogP contribution is -2.54. The lowest BCUT2D eigenvalue weighted by atomic mass is 9.92. The highest BCUT2D eigenvalue weighted by Crippen LogP contribution is 2.29. The molecule has 1 saturated heterocycles. The molecular weight excluding hydrogens is 190 g/mol. The number of nitrogens with zero attached hydrogens (tertiary/aromatic N) is 1. The van der Waals surface area contributed by atoms with Crippen molar-refractivity contribution >= 4 is 10.0 Å². The van der Waals surface area contributed by atoms with E-state index in [1.807, 2.05) is 13.8 Å². The SMILES string of the molecule is CC1(C)CCC(O)CN1S(C)(=O)=O. The predicted octanol–water partition coefficient (Wildman–Crippen LogP) is 0.181. The maximum Gasteiger partial charge on any atom is 0.211 e. The Morgan fingerprint density at radius 2 is 2.00 bits per heavy atom. The van der Waals surface area contributed by atoms with E-state index >= 15 is 0 Å². The van der Waals surface area contributed by atoms with Gasteiger partial charge in [0.25, 0.3) is 0 Å². The van der Waals surface area contributed by atoms with Crippen LogP contribution in [0.3, 0.4) is 0 Å². The summed E-state index contributed by atoms with van der Waals surface area (Å²) in [7, 11) is -3.19. The topological polar surface area (TPSA) is 57.6 Å². The lowest BCUT2D eigenvalue weighted by molar-refractivity contribution is 0.0485. The number of β-amino-alcohol motifs (C(OH)–C–C–N with tert-alkyl or cyclic N) is 1. The van der Waals surface area contributed by atoms with E-state index in [4.69, 9.17) is 0 Å². The molecule has 1 aliphatic heterocycles. The second kappa shape index (κ2) is 3.22. The molecule has 0 aromatic heterocycles. The smallest absolute Gasteiger partial charge is 0.211 e. The van der Waals surface area contributed by atoms with E-state index in [9.17, 15) is 13.5 Å². The maximum atomic E-state index is 11.4. The Balaban J connectivity index is 2.91. The normalized spacial score (nSPS) is 30.3. The molecule has 5 heteroatoms. The molecule has 0 bridgehead atoms. The van der Waals surface area contributed by atoms with Gasteiger partial charge in [-0.2, -0.15) is 4.31 Å². The van der Waals surface area contributed by atoms with Crippen molar-refractivity contribution in [3.8, 4) is 0 Å². The van der Waals surface area contributed by atoms with Crippen LogP contribution in [0, 0.1) is 0 Å². The average Bonchev–Trinajstić information content (AvgIpc) is 1.92. The molecule has 0 radical (unpaired) electrons. The summed E-state index contributed by atoms with van der Waals surface area (Å²) in [6, 6.07) is 0. The van der Waals surface area contributed by atoms with Crippen molar-refractivity contribution in [3.63, 3.8) is 0 Å². The third kappa shape index (κ3) is 2.42. The fraction of sp³-hybridized carbons (Fsp3) is 1.00. The first-order chi connectivity index (χ1) is 5.73. The van der Waals surface area contributed by atoms with E-state index in [1.165, 1.54) is 10.6 Å². The second-order valence-corrected chi connectivity index (χ2v) is 6.21. The van der Waals surface area contributed by atoms with Crippen LogP contribution < -0.4 is 0 Å². The average molecular weight is 207 g/mol. The molecule has 13 heavy (non-hydrogen) atoms. The van der Waals surface area contributed by atoms with Crippen molar-refractivity contribution in [2.45, 2.75) is 38.3 Å². The van der Waals surface area contributed by atoms with Gasteiger partial charge in [-0.05, 0) is 26.7 Å². The fourth-order valence-electron chi connectivity index (χ4n) is 1.76. The molecule has 1 aliphatic rings. The Kier molecular flexibility index (Phi) is 2.71. The van der Waals surface area contributed by atoms with Gasteiger partial charge in [0.2, 0.25) is 10.0 Å². The zero-order valence-corrected chi connectivity index (χ0v) is 9.13. The van der Waals surface area contributed by atoms with Crippen LogP contribution in [0.5, 0.6) is 0 Å². The highest BCUT2D eigenvalue weighted by molar-refractivity contribution is 7.88. The van der Waals surface area contributed by atoms with Gasteiger partial charge in [0, 0.05) is 12.1 Å². The number of aliphatic hydroxyl groups excluding tert-OH is 1. The van der Waals surface area contributed by atoms with Crippen LogP contribution >= 0.6 is 0 Å². The summed E-state index contributed by atoms with van der Waals surface area (Å²) in [4.78, 5) is 0. The zero-order valence-electron chi connectivity index (χ0n) is 8.32. The third-order valence-corrected chi connectivity index (χ3v) is 3.99. The first-order valence-electron chi connectivity index (χ1n) is 4.39. The summed E-state index contributed by atoms with van der Waals surface area (Å²) < 4.78 is 24.1. The van der Waals surface area contributed by atoms with Crippen LogP contribution in [0.2, 0.25) is 0 Å². The lowest BCUT2D eigenvalue weighted by Gasteiger charge is -2.42. The minimum Gasteiger partial charge on any atom is -0.392 e. The van der Waals surface area contributed by atoms with Gasteiger partial charge in [-0.3, -0.25) is 0 Å².